The highest BCUT2D eigenvalue weighted by atomic mass is 19.3. The van der Waals surface area contributed by atoms with E-state index in [1.807, 2.05) is 0 Å². The highest BCUT2D eigenvalue weighted by Gasteiger charge is 2.24. The molecule has 0 aliphatic carbocycles. The first kappa shape index (κ1) is 10.7. The first-order valence-electron chi connectivity index (χ1n) is 3.84. The highest BCUT2D eigenvalue weighted by Crippen LogP contribution is 2.20. The van der Waals surface area contributed by atoms with Crippen LogP contribution in [0.2, 0.25) is 0 Å². The minimum Gasteiger partial charge on any atom is -0.463 e. The Bertz CT molecular complexity index is 302. The van der Waals surface area contributed by atoms with E-state index in [0.29, 0.717) is 0 Å². The van der Waals surface area contributed by atoms with Crippen molar-refractivity contribution in [3.05, 3.63) is 6.20 Å². The summed E-state index contributed by atoms with van der Waals surface area (Å²) in [5.41, 5.74) is 5.47. The summed E-state index contributed by atoms with van der Waals surface area (Å²) in [6.07, 6.45) is -3.33. The molecule has 4 nitrogen and oxygen atoms in total. The predicted molar refractivity (Wildman–Crippen MR) is 44.0 cm³/mol. The Morgan fingerprint density at radius 1 is 1.64 bits per heavy atom. The van der Waals surface area contributed by atoms with Crippen molar-refractivity contribution in [2.75, 3.05) is 12.4 Å². The van der Waals surface area contributed by atoms with Gasteiger partial charge in [-0.25, -0.2) is 13.2 Å². The van der Waals surface area contributed by atoms with E-state index in [9.17, 15) is 13.2 Å². The molecule has 0 saturated heterocycles. The van der Waals surface area contributed by atoms with Crippen LogP contribution in [0.15, 0.2) is 6.20 Å². The zero-order valence-electron chi connectivity index (χ0n) is 7.45. The number of alkyl halides is 3. The number of ether oxygens (including phenoxy) is 1. The summed E-state index contributed by atoms with van der Waals surface area (Å²) in [6, 6.07) is 0. The molecule has 0 bridgehead atoms. The van der Waals surface area contributed by atoms with Gasteiger partial charge in [0, 0.05) is 7.05 Å². The van der Waals surface area contributed by atoms with E-state index in [1.54, 1.807) is 7.05 Å². The summed E-state index contributed by atoms with van der Waals surface area (Å²) >= 11 is 0. The van der Waals surface area contributed by atoms with E-state index in [4.69, 9.17) is 5.73 Å². The van der Waals surface area contributed by atoms with Crippen molar-refractivity contribution in [1.29, 1.82) is 0 Å². The molecule has 1 heterocycles. The Kier molecular flexibility index (Phi) is 3.21. The van der Waals surface area contributed by atoms with Crippen molar-refractivity contribution in [2.45, 2.75) is 12.5 Å². The van der Waals surface area contributed by atoms with Gasteiger partial charge in [0.1, 0.15) is 12.4 Å². The van der Waals surface area contributed by atoms with Crippen LogP contribution < -0.4 is 10.5 Å². The van der Waals surface area contributed by atoms with Crippen molar-refractivity contribution in [1.82, 2.24) is 9.78 Å². The minimum absolute atomic E-state index is 0.103. The van der Waals surface area contributed by atoms with Gasteiger partial charge in [-0.2, -0.15) is 0 Å². The van der Waals surface area contributed by atoms with Gasteiger partial charge in [-0.3, -0.25) is 4.68 Å². The molecule has 2 N–H and O–H groups in total. The van der Waals surface area contributed by atoms with Gasteiger partial charge in [-0.15, -0.1) is 5.10 Å². The van der Waals surface area contributed by atoms with Gasteiger partial charge in [-0.1, -0.05) is 0 Å². The number of rotatable bonds is 4. The summed E-state index contributed by atoms with van der Waals surface area (Å²) in [6.45, 7) is -1.28. The first-order chi connectivity index (χ1) is 6.54. The predicted octanol–water partition coefficient (Wildman–Crippen LogP) is 0.984. The van der Waals surface area contributed by atoms with Gasteiger partial charge in [0.15, 0.2) is 6.10 Å². The lowest BCUT2D eigenvalue weighted by Crippen LogP contribution is -2.28. The van der Waals surface area contributed by atoms with Crippen LogP contribution in [0, 0.1) is 0 Å². The van der Waals surface area contributed by atoms with Crippen LogP contribution in [0.25, 0.3) is 0 Å². The molecule has 7 heteroatoms. The maximum Gasteiger partial charge on any atom is 0.277 e. The Labute approximate surface area is 78.4 Å². The van der Waals surface area contributed by atoms with E-state index in [2.05, 4.69) is 9.84 Å². The van der Waals surface area contributed by atoms with Crippen molar-refractivity contribution in [3.8, 4) is 5.88 Å². The van der Waals surface area contributed by atoms with E-state index in [0.717, 1.165) is 0 Å². The molecule has 0 amide bonds. The lowest BCUT2D eigenvalue weighted by Gasteiger charge is -2.12. The molecule has 0 aromatic carbocycles. The number of halogens is 3. The number of nitrogens with zero attached hydrogens (tertiary/aromatic N) is 2. The Morgan fingerprint density at radius 2 is 2.29 bits per heavy atom. The first-order valence-corrected chi connectivity index (χ1v) is 3.84. The molecule has 0 aliphatic rings. The van der Waals surface area contributed by atoms with Crippen LogP contribution in [0.1, 0.15) is 0 Å². The molecule has 1 aromatic heterocycles. The summed E-state index contributed by atoms with van der Waals surface area (Å²) < 4.78 is 42.1. The van der Waals surface area contributed by atoms with Crippen LogP contribution in [-0.4, -0.2) is 29.0 Å². The fourth-order valence-electron chi connectivity index (χ4n) is 0.872. The Morgan fingerprint density at radius 3 is 2.64 bits per heavy atom. The Balaban J connectivity index is 2.71. The monoisotopic (exact) mass is 209 g/mol. The fraction of sp³-hybridized carbons (Fsp3) is 0.571. The number of nitrogen functional groups attached to an aromatic ring is 1. The lowest BCUT2D eigenvalue weighted by atomic mass is 10.4. The second kappa shape index (κ2) is 4.21. The maximum atomic E-state index is 12.1. The molecule has 1 unspecified atom stereocenters. The third-order valence-corrected chi connectivity index (χ3v) is 1.52. The number of hydrogen-bond donors (Lipinski definition) is 1. The second-order valence-electron chi connectivity index (χ2n) is 2.71. The van der Waals surface area contributed by atoms with Crippen LogP contribution >= 0.6 is 0 Å². The molecule has 0 spiro atoms. The van der Waals surface area contributed by atoms with Crippen LogP contribution in [-0.2, 0) is 7.05 Å². The smallest absolute Gasteiger partial charge is 0.277 e. The van der Waals surface area contributed by atoms with Crippen molar-refractivity contribution in [3.63, 3.8) is 0 Å². The van der Waals surface area contributed by atoms with Gasteiger partial charge >= 0.3 is 0 Å². The molecule has 1 aromatic rings. The largest absolute Gasteiger partial charge is 0.463 e. The average molecular weight is 209 g/mol. The molecule has 0 fully saturated rings. The van der Waals surface area contributed by atoms with E-state index in [-0.39, 0.29) is 11.6 Å². The maximum absolute atomic E-state index is 12.1. The zero-order valence-corrected chi connectivity index (χ0v) is 7.45. The van der Waals surface area contributed by atoms with Crippen LogP contribution in [0.5, 0.6) is 5.88 Å². The minimum atomic E-state index is -2.90. The second-order valence-corrected chi connectivity index (χ2v) is 2.71. The third-order valence-electron chi connectivity index (χ3n) is 1.52. The van der Waals surface area contributed by atoms with Crippen LogP contribution in [0.4, 0.5) is 18.9 Å². The molecular weight excluding hydrogens is 199 g/mol. The summed E-state index contributed by atoms with van der Waals surface area (Å²) in [5, 5.41) is 3.65. The zero-order chi connectivity index (χ0) is 10.7. The van der Waals surface area contributed by atoms with E-state index < -0.39 is 19.2 Å². The number of hydrogen-bond acceptors (Lipinski definition) is 3. The highest BCUT2D eigenvalue weighted by molar-refractivity contribution is 5.45. The van der Waals surface area contributed by atoms with Gasteiger partial charge in [0.05, 0.1) is 6.20 Å². The molecule has 80 valence electrons. The normalized spacial score (nSPS) is 13.2. The summed E-state index contributed by atoms with van der Waals surface area (Å²) in [4.78, 5) is 0. The standard InChI is InChI=1S/C7H10F3N3O/c1-13-3-4(11)7(12-13)14-5(2-8)6(9)10/h3,5-6H,2,11H2,1H3. The Hall–Kier alpha value is -1.40. The molecule has 14 heavy (non-hydrogen) atoms. The molecule has 0 aliphatic heterocycles. The van der Waals surface area contributed by atoms with Crippen molar-refractivity contribution in [2.24, 2.45) is 7.05 Å². The summed E-state index contributed by atoms with van der Waals surface area (Å²) in [7, 11) is 1.55. The molecule has 0 radical (unpaired) electrons. The number of anilines is 1. The van der Waals surface area contributed by atoms with Gasteiger partial charge in [0.25, 0.3) is 12.3 Å². The van der Waals surface area contributed by atoms with E-state index in [1.165, 1.54) is 10.9 Å². The molecule has 0 saturated carbocycles. The number of aryl methyl sites for hydroxylation is 1. The van der Waals surface area contributed by atoms with Gasteiger partial charge in [0.2, 0.25) is 0 Å². The number of nitrogens with two attached hydrogens (primary N) is 1. The van der Waals surface area contributed by atoms with Crippen LogP contribution in [0.3, 0.4) is 0 Å². The molecular formula is C7H10F3N3O. The SMILES string of the molecule is Cn1cc(N)c(OC(CF)C(F)F)n1. The summed E-state index contributed by atoms with van der Waals surface area (Å²) in [5.74, 6) is -0.171. The third kappa shape index (κ3) is 2.30. The van der Waals surface area contributed by atoms with Gasteiger partial charge < -0.3 is 10.5 Å². The lowest BCUT2D eigenvalue weighted by molar-refractivity contribution is -0.00336. The quantitative estimate of drug-likeness (QED) is 0.804. The molecule has 1 atom stereocenters. The van der Waals surface area contributed by atoms with E-state index >= 15 is 0 Å². The van der Waals surface area contributed by atoms with Gasteiger partial charge in [-0.05, 0) is 0 Å². The van der Waals surface area contributed by atoms with Crippen molar-refractivity contribution < 1.29 is 17.9 Å². The molecule has 1 rings (SSSR count). The fourth-order valence-corrected chi connectivity index (χ4v) is 0.872. The topological polar surface area (TPSA) is 53.1 Å². The average Bonchev–Trinajstić information content (AvgIpc) is 2.40. The number of aromatic nitrogens is 2. The van der Waals surface area contributed by atoms with Crippen molar-refractivity contribution >= 4 is 5.69 Å².